The SMILES string of the molecule is CC(=O)N1CCC(N(CC(C)C)C2CCN(C(=O)C(Cc3ccc(F)cc3)NC(=O)CC3NCCc4ccccc43)CC2)CC1. The summed E-state index contributed by atoms with van der Waals surface area (Å²) in [6.45, 7) is 10.8. The van der Waals surface area contributed by atoms with Crippen LogP contribution in [0.2, 0.25) is 0 Å². The monoisotopic (exact) mass is 619 g/mol. The van der Waals surface area contributed by atoms with Gasteiger partial charge in [-0.15, -0.1) is 0 Å². The Labute approximate surface area is 267 Å². The Morgan fingerprint density at radius 1 is 0.933 bits per heavy atom. The fraction of sp³-hybridized carbons (Fsp3) is 0.583. The molecule has 3 heterocycles. The summed E-state index contributed by atoms with van der Waals surface area (Å²) in [5, 5.41) is 6.54. The maximum atomic E-state index is 14.0. The van der Waals surface area contributed by atoms with Gasteiger partial charge in [-0.25, -0.2) is 4.39 Å². The predicted molar refractivity (Wildman–Crippen MR) is 174 cm³/mol. The van der Waals surface area contributed by atoms with Crippen molar-refractivity contribution in [3.63, 3.8) is 0 Å². The van der Waals surface area contributed by atoms with Gasteiger partial charge in [-0.2, -0.15) is 0 Å². The first-order chi connectivity index (χ1) is 21.7. The van der Waals surface area contributed by atoms with Gasteiger partial charge in [-0.1, -0.05) is 50.2 Å². The molecule has 9 heteroatoms. The van der Waals surface area contributed by atoms with Crippen LogP contribution in [-0.4, -0.2) is 89.8 Å². The molecule has 2 fully saturated rings. The number of benzene rings is 2. The molecule has 2 aromatic carbocycles. The van der Waals surface area contributed by atoms with E-state index in [0.29, 0.717) is 37.5 Å². The molecule has 244 valence electrons. The van der Waals surface area contributed by atoms with Crippen molar-refractivity contribution >= 4 is 17.7 Å². The van der Waals surface area contributed by atoms with Crippen molar-refractivity contribution < 1.29 is 18.8 Å². The first-order valence-corrected chi connectivity index (χ1v) is 16.8. The van der Waals surface area contributed by atoms with Crippen molar-refractivity contribution in [1.82, 2.24) is 25.3 Å². The van der Waals surface area contributed by atoms with Crippen LogP contribution >= 0.6 is 0 Å². The number of nitrogens with one attached hydrogen (secondary N) is 2. The molecule has 2 saturated heterocycles. The summed E-state index contributed by atoms with van der Waals surface area (Å²) in [5.74, 6) is 0.106. The zero-order chi connectivity index (χ0) is 31.9. The van der Waals surface area contributed by atoms with E-state index >= 15 is 0 Å². The standard InChI is InChI=1S/C36H50FN5O3/c1-25(2)24-42(30-13-18-40(19-14-30)26(3)43)31-15-20-41(21-16-31)36(45)34(22-27-8-10-29(37)11-9-27)39-35(44)23-33-32-7-5-4-6-28(32)12-17-38-33/h4-11,25,30-31,33-34,38H,12-24H2,1-3H3,(H,39,44). The highest BCUT2D eigenvalue weighted by Crippen LogP contribution is 2.27. The van der Waals surface area contributed by atoms with E-state index in [1.54, 1.807) is 19.1 Å². The second-order valence-corrected chi connectivity index (χ2v) is 13.5. The van der Waals surface area contributed by atoms with E-state index in [0.717, 1.165) is 69.4 Å². The Hall–Kier alpha value is -3.30. The van der Waals surface area contributed by atoms with Crippen LogP contribution in [0, 0.1) is 11.7 Å². The zero-order valence-electron chi connectivity index (χ0n) is 27.1. The number of hydrogen-bond donors (Lipinski definition) is 2. The molecule has 2 atom stereocenters. The fourth-order valence-corrected chi connectivity index (χ4v) is 7.44. The summed E-state index contributed by atoms with van der Waals surface area (Å²) in [6, 6.07) is 14.4. The third kappa shape index (κ3) is 8.70. The molecule has 45 heavy (non-hydrogen) atoms. The van der Waals surface area contributed by atoms with Gasteiger partial charge in [0.15, 0.2) is 0 Å². The molecule has 0 radical (unpaired) electrons. The molecular formula is C36H50FN5O3. The number of halogens is 1. The van der Waals surface area contributed by atoms with Crippen LogP contribution in [0.15, 0.2) is 48.5 Å². The number of nitrogens with zero attached hydrogens (tertiary/aromatic N) is 3. The number of piperidine rings is 2. The lowest BCUT2D eigenvalue weighted by molar-refractivity contribution is -0.138. The normalized spacial score (nSPS) is 20.3. The van der Waals surface area contributed by atoms with E-state index in [1.807, 2.05) is 21.9 Å². The van der Waals surface area contributed by atoms with Gasteiger partial charge in [-0.3, -0.25) is 19.3 Å². The average molecular weight is 620 g/mol. The molecule has 0 bridgehead atoms. The number of amides is 3. The number of hydrogen-bond acceptors (Lipinski definition) is 5. The van der Waals surface area contributed by atoms with Crippen molar-refractivity contribution in [2.24, 2.45) is 5.92 Å². The van der Waals surface area contributed by atoms with E-state index in [2.05, 4.69) is 41.5 Å². The maximum absolute atomic E-state index is 14.0. The van der Waals surface area contributed by atoms with Crippen LogP contribution in [-0.2, 0) is 27.2 Å². The minimum Gasteiger partial charge on any atom is -0.344 e. The van der Waals surface area contributed by atoms with E-state index in [9.17, 15) is 18.8 Å². The molecule has 0 saturated carbocycles. The van der Waals surface area contributed by atoms with Crippen molar-refractivity contribution in [3.05, 3.63) is 71.0 Å². The minimum absolute atomic E-state index is 0.0756. The number of rotatable bonds is 10. The second-order valence-electron chi connectivity index (χ2n) is 13.5. The van der Waals surface area contributed by atoms with Gasteiger partial charge in [0.25, 0.3) is 0 Å². The van der Waals surface area contributed by atoms with E-state index in [4.69, 9.17) is 0 Å². The Balaban J connectivity index is 1.23. The molecule has 2 unspecified atom stereocenters. The molecule has 8 nitrogen and oxygen atoms in total. The summed E-state index contributed by atoms with van der Waals surface area (Å²) >= 11 is 0. The number of carbonyl (C=O) groups is 3. The summed E-state index contributed by atoms with van der Waals surface area (Å²) in [5.41, 5.74) is 3.21. The highest BCUT2D eigenvalue weighted by Gasteiger charge is 2.35. The molecule has 5 rings (SSSR count). The van der Waals surface area contributed by atoms with Crippen molar-refractivity contribution in [1.29, 1.82) is 0 Å². The van der Waals surface area contributed by atoms with E-state index in [-0.39, 0.29) is 36.0 Å². The van der Waals surface area contributed by atoms with Crippen LogP contribution in [0.5, 0.6) is 0 Å². The van der Waals surface area contributed by atoms with Crippen LogP contribution in [0.25, 0.3) is 0 Å². The minimum atomic E-state index is -0.721. The highest BCUT2D eigenvalue weighted by molar-refractivity contribution is 5.88. The summed E-state index contributed by atoms with van der Waals surface area (Å²) in [4.78, 5) is 45.8. The lowest BCUT2D eigenvalue weighted by atomic mass is 9.92. The smallest absolute Gasteiger partial charge is 0.245 e. The van der Waals surface area contributed by atoms with Gasteiger partial charge in [0, 0.05) is 70.6 Å². The third-order valence-corrected chi connectivity index (χ3v) is 9.79. The van der Waals surface area contributed by atoms with Crippen LogP contribution in [0.3, 0.4) is 0 Å². The van der Waals surface area contributed by atoms with Crippen LogP contribution < -0.4 is 10.6 Å². The Morgan fingerprint density at radius 2 is 1.56 bits per heavy atom. The predicted octanol–water partition coefficient (Wildman–Crippen LogP) is 4.09. The average Bonchev–Trinajstić information content (AvgIpc) is 3.04. The van der Waals surface area contributed by atoms with Crippen LogP contribution in [0.1, 0.15) is 75.6 Å². The van der Waals surface area contributed by atoms with Crippen molar-refractivity contribution in [2.75, 3.05) is 39.3 Å². The topological polar surface area (TPSA) is 85.0 Å². The van der Waals surface area contributed by atoms with Gasteiger partial charge in [0.05, 0.1) is 0 Å². The molecule has 2 aromatic rings. The number of likely N-dealkylation sites (tertiary alicyclic amines) is 2. The Bertz CT molecular complexity index is 1300. The molecule has 3 aliphatic heterocycles. The van der Waals surface area contributed by atoms with Gasteiger partial charge < -0.3 is 20.4 Å². The maximum Gasteiger partial charge on any atom is 0.245 e. The number of fused-ring (bicyclic) bond motifs is 1. The van der Waals surface area contributed by atoms with Gasteiger partial charge >= 0.3 is 0 Å². The Kier molecular flexibility index (Phi) is 11.3. The van der Waals surface area contributed by atoms with Gasteiger partial charge in [-0.05, 0) is 73.4 Å². The zero-order valence-corrected chi connectivity index (χ0v) is 27.1. The lowest BCUT2D eigenvalue weighted by Crippen LogP contribution is -2.56. The molecule has 3 aliphatic rings. The van der Waals surface area contributed by atoms with Crippen molar-refractivity contribution in [3.8, 4) is 0 Å². The number of carbonyl (C=O) groups excluding carboxylic acids is 3. The Morgan fingerprint density at radius 3 is 2.18 bits per heavy atom. The second kappa shape index (κ2) is 15.3. The summed E-state index contributed by atoms with van der Waals surface area (Å²) in [6.07, 6.45) is 5.22. The third-order valence-electron chi connectivity index (χ3n) is 9.79. The molecule has 0 aromatic heterocycles. The van der Waals surface area contributed by atoms with Gasteiger partial charge in [0.2, 0.25) is 17.7 Å². The summed E-state index contributed by atoms with van der Waals surface area (Å²) in [7, 11) is 0. The molecular weight excluding hydrogens is 569 g/mol. The van der Waals surface area contributed by atoms with E-state index in [1.165, 1.54) is 17.7 Å². The van der Waals surface area contributed by atoms with E-state index < -0.39 is 6.04 Å². The lowest BCUT2D eigenvalue weighted by Gasteiger charge is -2.46. The first-order valence-electron chi connectivity index (χ1n) is 16.8. The fourth-order valence-electron chi connectivity index (χ4n) is 7.44. The molecule has 2 N–H and O–H groups in total. The first kappa shape index (κ1) is 33.1. The molecule has 0 aliphatic carbocycles. The molecule has 3 amide bonds. The van der Waals surface area contributed by atoms with Crippen molar-refractivity contribution in [2.45, 2.75) is 89.9 Å². The largest absolute Gasteiger partial charge is 0.344 e. The summed E-state index contributed by atoms with van der Waals surface area (Å²) < 4.78 is 13.7. The quantitative estimate of drug-likeness (QED) is 0.419. The molecule has 0 spiro atoms. The van der Waals surface area contributed by atoms with Gasteiger partial charge in [0.1, 0.15) is 11.9 Å². The van der Waals surface area contributed by atoms with Crippen LogP contribution in [0.4, 0.5) is 4.39 Å². The highest BCUT2D eigenvalue weighted by atomic mass is 19.1.